The van der Waals surface area contributed by atoms with E-state index in [-0.39, 0.29) is 0 Å². The van der Waals surface area contributed by atoms with Gasteiger partial charge in [-0.25, -0.2) is 0 Å². The molecule has 0 bridgehead atoms. The molecule has 0 radical (unpaired) electrons. The molecule has 0 heterocycles. The molecule has 0 aromatic carbocycles. The van der Waals surface area contributed by atoms with Crippen LogP contribution >= 0.6 is 0 Å². The molecule has 0 rings (SSSR count). The molecular formula is C15H27N. The predicted molar refractivity (Wildman–Crippen MR) is 75.3 cm³/mol. The van der Waals surface area contributed by atoms with E-state index >= 15 is 0 Å². The van der Waals surface area contributed by atoms with Gasteiger partial charge in [0.05, 0.1) is 0 Å². The maximum atomic E-state index is 4.40. The minimum atomic E-state index is 0.912. The number of hydrogen-bond donors (Lipinski definition) is 0. The van der Waals surface area contributed by atoms with E-state index in [0.29, 0.717) is 0 Å². The molecule has 0 aromatic heterocycles. The van der Waals surface area contributed by atoms with Gasteiger partial charge < -0.3 is 0 Å². The van der Waals surface area contributed by atoms with Crippen molar-refractivity contribution in [1.82, 2.24) is 0 Å². The van der Waals surface area contributed by atoms with Crippen LogP contribution in [0.5, 0.6) is 0 Å². The van der Waals surface area contributed by atoms with Crippen LogP contribution in [0, 0.1) is 0 Å². The summed E-state index contributed by atoms with van der Waals surface area (Å²) < 4.78 is 0. The van der Waals surface area contributed by atoms with Gasteiger partial charge in [0, 0.05) is 12.3 Å². The Kier molecular flexibility index (Phi) is 8.88. The molecule has 16 heavy (non-hydrogen) atoms. The fourth-order valence-electron chi connectivity index (χ4n) is 1.52. The largest absolute Gasteiger partial charge is 0.295 e. The highest BCUT2D eigenvalue weighted by molar-refractivity contribution is 5.82. The maximum Gasteiger partial charge on any atom is 0.0360 e. The van der Waals surface area contributed by atoms with E-state index < -0.39 is 0 Å². The molecule has 0 aliphatic carbocycles. The summed E-state index contributed by atoms with van der Waals surface area (Å²) in [6.45, 7) is 11.7. The van der Waals surface area contributed by atoms with Crippen LogP contribution in [0.25, 0.3) is 0 Å². The van der Waals surface area contributed by atoms with E-state index in [1.165, 1.54) is 29.7 Å². The highest BCUT2D eigenvalue weighted by Crippen LogP contribution is 2.10. The third-order valence-electron chi connectivity index (χ3n) is 2.83. The number of rotatable bonds is 7. The zero-order valence-corrected chi connectivity index (χ0v) is 11.6. The molecule has 0 N–H and O–H groups in total. The highest BCUT2D eigenvalue weighted by atomic mass is 14.7. The average molecular weight is 221 g/mol. The van der Waals surface area contributed by atoms with Gasteiger partial charge in [0.1, 0.15) is 0 Å². The second kappa shape index (κ2) is 9.38. The molecule has 0 saturated heterocycles. The van der Waals surface area contributed by atoms with Crippen molar-refractivity contribution < 1.29 is 0 Å². The summed E-state index contributed by atoms with van der Waals surface area (Å²) in [6.07, 6.45) is 9.19. The minimum absolute atomic E-state index is 0.912. The second-order valence-electron chi connectivity index (χ2n) is 4.43. The van der Waals surface area contributed by atoms with Crippen LogP contribution in [0.15, 0.2) is 28.3 Å². The molecule has 0 aromatic rings. The van der Waals surface area contributed by atoms with Gasteiger partial charge in [0.2, 0.25) is 0 Å². The average Bonchev–Trinajstić information content (AvgIpc) is 2.26. The van der Waals surface area contributed by atoms with E-state index in [2.05, 4.69) is 51.8 Å². The molecule has 0 aliphatic rings. The number of hydrogen-bond acceptors (Lipinski definition) is 1. The van der Waals surface area contributed by atoms with E-state index in [9.17, 15) is 0 Å². The highest BCUT2D eigenvalue weighted by Gasteiger charge is 1.94. The van der Waals surface area contributed by atoms with E-state index in [0.717, 1.165) is 19.4 Å². The van der Waals surface area contributed by atoms with Crippen molar-refractivity contribution in [1.29, 1.82) is 0 Å². The third-order valence-corrected chi connectivity index (χ3v) is 2.83. The van der Waals surface area contributed by atoms with Gasteiger partial charge in [-0.3, -0.25) is 4.99 Å². The normalized spacial score (nSPS) is 14.4. The van der Waals surface area contributed by atoms with Crippen molar-refractivity contribution >= 4 is 5.71 Å². The molecule has 0 aliphatic heterocycles. The predicted octanol–water partition coefficient (Wildman–Crippen LogP) is 4.94. The van der Waals surface area contributed by atoms with Gasteiger partial charge in [0.15, 0.2) is 0 Å². The first-order valence-corrected chi connectivity index (χ1v) is 6.37. The summed E-state index contributed by atoms with van der Waals surface area (Å²) in [6, 6.07) is 0. The molecule has 0 unspecified atom stereocenters. The lowest BCUT2D eigenvalue weighted by atomic mass is 10.1. The Morgan fingerprint density at radius 1 is 1.00 bits per heavy atom. The second-order valence-corrected chi connectivity index (χ2v) is 4.43. The fourth-order valence-corrected chi connectivity index (χ4v) is 1.52. The van der Waals surface area contributed by atoms with Crippen LogP contribution in [-0.2, 0) is 0 Å². The van der Waals surface area contributed by atoms with Crippen LogP contribution in [0.2, 0.25) is 0 Å². The van der Waals surface area contributed by atoms with Crippen molar-refractivity contribution in [3.05, 3.63) is 23.3 Å². The number of aliphatic imine (C=N–C) groups is 1. The van der Waals surface area contributed by atoms with Crippen molar-refractivity contribution in [3.63, 3.8) is 0 Å². The molecule has 0 fully saturated rings. The van der Waals surface area contributed by atoms with Gasteiger partial charge in [-0.2, -0.15) is 0 Å². The quantitative estimate of drug-likeness (QED) is 0.426. The summed E-state index contributed by atoms with van der Waals surface area (Å²) in [7, 11) is 0. The van der Waals surface area contributed by atoms with Gasteiger partial charge >= 0.3 is 0 Å². The fraction of sp³-hybridized carbons (Fsp3) is 0.667. The van der Waals surface area contributed by atoms with Crippen LogP contribution in [-0.4, -0.2) is 12.3 Å². The van der Waals surface area contributed by atoms with Crippen LogP contribution in [0.4, 0.5) is 0 Å². The Morgan fingerprint density at radius 3 is 2.25 bits per heavy atom. The van der Waals surface area contributed by atoms with Crippen molar-refractivity contribution in [2.45, 2.75) is 60.3 Å². The molecule has 1 nitrogen and oxygen atoms in total. The van der Waals surface area contributed by atoms with Crippen LogP contribution < -0.4 is 0 Å². The SMILES string of the molecule is C/C=C(\C)CC/C=C(\C)CC/C(C)=N/CC. The standard InChI is InChI=1S/C15H27N/c1-6-13(3)9-8-10-14(4)11-12-15(5)16-7-2/h6,10H,7-9,11-12H2,1-5H3/b13-6+,14-10+,16-15+. The summed E-state index contributed by atoms with van der Waals surface area (Å²) >= 11 is 0. The Bertz CT molecular complexity index is 269. The molecule has 1 heteroatoms. The van der Waals surface area contributed by atoms with Gasteiger partial charge in [0.25, 0.3) is 0 Å². The minimum Gasteiger partial charge on any atom is -0.295 e. The van der Waals surface area contributed by atoms with Crippen molar-refractivity contribution in [2.24, 2.45) is 4.99 Å². The zero-order valence-electron chi connectivity index (χ0n) is 11.6. The van der Waals surface area contributed by atoms with Crippen LogP contribution in [0.3, 0.4) is 0 Å². The Balaban J connectivity index is 3.84. The smallest absolute Gasteiger partial charge is 0.0360 e. The molecular weight excluding hydrogens is 194 g/mol. The molecule has 0 amide bonds. The van der Waals surface area contributed by atoms with E-state index in [1.54, 1.807) is 0 Å². The summed E-state index contributed by atoms with van der Waals surface area (Å²) in [5, 5.41) is 0. The van der Waals surface area contributed by atoms with Gasteiger partial charge in [-0.1, -0.05) is 23.3 Å². The lowest BCUT2D eigenvalue weighted by Gasteiger charge is -2.02. The summed E-state index contributed by atoms with van der Waals surface area (Å²) in [4.78, 5) is 4.40. The molecule has 0 saturated carbocycles. The van der Waals surface area contributed by atoms with Crippen LogP contribution in [0.1, 0.15) is 60.3 Å². The first kappa shape index (κ1) is 15.2. The first-order chi connectivity index (χ1) is 7.60. The Hall–Kier alpha value is -0.850. The summed E-state index contributed by atoms with van der Waals surface area (Å²) in [5.74, 6) is 0. The Morgan fingerprint density at radius 2 is 1.69 bits per heavy atom. The van der Waals surface area contributed by atoms with Crippen molar-refractivity contribution in [3.8, 4) is 0 Å². The maximum absolute atomic E-state index is 4.40. The lowest BCUT2D eigenvalue weighted by molar-refractivity contribution is 0.927. The van der Waals surface area contributed by atoms with Gasteiger partial charge in [-0.15, -0.1) is 0 Å². The zero-order chi connectivity index (χ0) is 12.4. The molecule has 92 valence electrons. The third kappa shape index (κ3) is 8.46. The van der Waals surface area contributed by atoms with Gasteiger partial charge in [-0.05, 0) is 60.3 Å². The topological polar surface area (TPSA) is 12.4 Å². The molecule has 0 spiro atoms. The number of nitrogens with zero attached hydrogens (tertiary/aromatic N) is 1. The Labute approximate surface area is 101 Å². The van der Waals surface area contributed by atoms with E-state index in [1.807, 2.05) is 0 Å². The van der Waals surface area contributed by atoms with Crippen molar-refractivity contribution in [2.75, 3.05) is 6.54 Å². The number of allylic oxidation sites excluding steroid dienone is 4. The first-order valence-electron chi connectivity index (χ1n) is 6.37. The molecule has 0 atom stereocenters. The van der Waals surface area contributed by atoms with E-state index in [4.69, 9.17) is 0 Å². The lowest BCUT2D eigenvalue weighted by Crippen LogP contribution is -1.93. The summed E-state index contributed by atoms with van der Waals surface area (Å²) in [5.41, 5.74) is 4.25. The monoisotopic (exact) mass is 221 g/mol.